The van der Waals surface area contributed by atoms with Gasteiger partial charge < -0.3 is 10.6 Å². The van der Waals surface area contributed by atoms with Crippen LogP contribution < -0.4 is 10.6 Å². The zero-order valence-corrected chi connectivity index (χ0v) is 14.8. The molecule has 2 N–H and O–H groups in total. The van der Waals surface area contributed by atoms with Crippen molar-refractivity contribution < 1.29 is 0 Å². The van der Waals surface area contributed by atoms with E-state index in [-0.39, 0.29) is 0 Å². The summed E-state index contributed by atoms with van der Waals surface area (Å²) in [5.74, 6) is 2.13. The van der Waals surface area contributed by atoms with Crippen LogP contribution in [0.3, 0.4) is 0 Å². The summed E-state index contributed by atoms with van der Waals surface area (Å²) < 4.78 is 0. The van der Waals surface area contributed by atoms with E-state index in [9.17, 15) is 0 Å². The van der Waals surface area contributed by atoms with E-state index in [4.69, 9.17) is 0 Å². The standard InChI is InChI=1S/C18H24N2S2/c1-19-17(15-9-5-3-6-10-15)13-21-22-14-18(20-2)16-11-7-4-8-12-16/h3-12,17-20H,13-14H2,1-2H3/t17-,18-/m0/s1. The molecule has 0 aliphatic rings. The summed E-state index contributed by atoms with van der Waals surface area (Å²) in [7, 11) is 7.93. The summed E-state index contributed by atoms with van der Waals surface area (Å²) in [6.07, 6.45) is 0. The van der Waals surface area contributed by atoms with Crippen LogP contribution in [0.4, 0.5) is 0 Å². The normalized spacial score (nSPS) is 13.7. The Morgan fingerprint density at radius 1 is 0.682 bits per heavy atom. The second-order valence-electron chi connectivity index (χ2n) is 5.07. The van der Waals surface area contributed by atoms with E-state index in [1.54, 1.807) is 0 Å². The lowest BCUT2D eigenvalue weighted by atomic mass is 10.1. The van der Waals surface area contributed by atoms with Crippen molar-refractivity contribution in [1.29, 1.82) is 0 Å². The molecule has 4 heteroatoms. The summed E-state index contributed by atoms with van der Waals surface area (Å²) in [5, 5.41) is 6.80. The van der Waals surface area contributed by atoms with E-state index in [0.29, 0.717) is 12.1 Å². The maximum atomic E-state index is 3.40. The zero-order chi connectivity index (χ0) is 15.6. The Bertz CT molecular complexity index is 470. The molecule has 0 aliphatic heterocycles. The van der Waals surface area contributed by atoms with E-state index in [2.05, 4.69) is 71.3 Å². The van der Waals surface area contributed by atoms with E-state index in [1.807, 2.05) is 35.7 Å². The second-order valence-corrected chi connectivity index (χ2v) is 7.63. The molecule has 2 atom stereocenters. The Balaban J connectivity index is 1.78. The van der Waals surface area contributed by atoms with Gasteiger partial charge in [0.25, 0.3) is 0 Å². The molecule has 22 heavy (non-hydrogen) atoms. The summed E-state index contributed by atoms with van der Waals surface area (Å²) in [6, 6.07) is 22.1. The topological polar surface area (TPSA) is 24.1 Å². The molecule has 2 rings (SSSR count). The third-order valence-electron chi connectivity index (χ3n) is 3.65. The summed E-state index contributed by atoms with van der Waals surface area (Å²) in [6.45, 7) is 0. The predicted octanol–water partition coefficient (Wildman–Crippen LogP) is 4.29. The Kier molecular flexibility index (Phi) is 7.88. The van der Waals surface area contributed by atoms with Crippen LogP contribution >= 0.6 is 21.6 Å². The molecule has 0 bridgehead atoms. The third kappa shape index (κ3) is 5.36. The van der Waals surface area contributed by atoms with Gasteiger partial charge in [-0.3, -0.25) is 0 Å². The molecule has 0 aromatic heterocycles. The van der Waals surface area contributed by atoms with Crippen molar-refractivity contribution in [3.05, 3.63) is 71.8 Å². The molecule has 0 amide bonds. The maximum absolute atomic E-state index is 3.40. The number of rotatable bonds is 9. The van der Waals surface area contributed by atoms with Crippen LogP contribution in [0.5, 0.6) is 0 Å². The van der Waals surface area contributed by atoms with Gasteiger partial charge in [0.2, 0.25) is 0 Å². The van der Waals surface area contributed by atoms with Crippen molar-refractivity contribution in [3.63, 3.8) is 0 Å². The number of nitrogens with one attached hydrogen (secondary N) is 2. The molecular formula is C18H24N2S2. The average Bonchev–Trinajstić information content (AvgIpc) is 2.60. The molecule has 2 aromatic rings. The van der Waals surface area contributed by atoms with Crippen molar-refractivity contribution in [2.24, 2.45) is 0 Å². The number of hydrogen-bond donors (Lipinski definition) is 2. The van der Waals surface area contributed by atoms with E-state index in [0.717, 1.165) is 11.5 Å². The zero-order valence-electron chi connectivity index (χ0n) is 13.2. The molecule has 0 fully saturated rings. The predicted molar refractivity (Wildman–Crippen MR) is 101 cm³/mol. The molecule has 2 nitrogen and oxygen atoms in total. The van der Waals surface area contributed by atoms with Crippen LogP contribution in [-0.4, -0.2) is 25.6 Å². The van der Waals surface area contributed by atoms with Gasteiger partial charge in [-0.25, -0.2) is 0 Å². The first-order valence-corrected chi connectivity index (χ1v) is 10.0. The summed E-state index contributed by atoms with van der Waals surface area (Å²) >= 11 is 0. The Morgan fingerprint density at radius 2 is 1.05 bits per heavy atom. The van der Waals surface area contributed by atoms with Gasteiger partial charge in [0.05, 0.1) is 0 Å². The van der Waals surface area contributed by atoms with E-state index < -0.39 is 0 Å². The second kappa shape index (κ2) is 9.95. The van der Waals surface area contributed by atoms with Crippen molar-refractivity contribution >= 4 is 21.6 Å². The monoisotopic (exact) mass is 332 g/mol. The Hall–Kier alpha value is -0.940. The molecule has 0 heterocycles. The average molecular weight is 333 g/mol. The van der Waals surface area contributed by atoms with Gasteiger partial charge in [-0.2, -0.15) is 0 Å². The molecule has 0 unspecified atom stereocenters. The highest BCUT2D eigenvalue weighted by molar-refractivity contribution is 8.76. The SMILES string of the molecule is CN[C@@H](CSSC[C@H](NC)c1ccccc1)c1ccccc1. The lowest BCUT2D eigenvalue weighted by Crippen LogP contribution is -2.19. The van der Waals surface area contributed by atoms with Gasteiger partial charge in [-0.05, 0) is 25.2 Å². The van der Waals surface area contributed by atoms with Crippen LogP contribution in [0, 0.1) is 0 Å². The lowest BCUT2D eigenvalue weighted by Gasteiger charge is -2.18. The number of hydrogen-bond acceptors (Lipinski definition) is 4. The van der Waals surface area contributed by atoms with Gasteiger partial charge >= 0.3 is 0 Å². The van der Waals surface area contributed by atoms with Gasteiger partial charge in [-0.1, -0.05) is 82.3 Å². The molecule has 118 valence electrons. The first kappa shape index (κ1) is 17.4. The first-order chi connectivity index (χ1) is 10.8. The van der Waals surface area contributed by atoms with E-state index in [1.165, 1.54) is 11.1 Å². The van der Waals surface area contributed by atoms with Crippen LogP contribution in [0.1, 0.15) is 23.2 Å². The molecule has 0 spiro atoms. The van der Waals surface area contributed by atoms with Crippen LogP contribution in [0.25, 0.3) is 0 Å². The summed E-state index contributed by atoms with van der Waals surface area (Å²) in [5.41, 5.74) is 2.71. The van der Waals surface area contributed by atoms with E-state index >= 15 is 0 Å². The van der Waals surface area contributed by atoms with Gasteiger partial charge in [0.15, 0.2) is 0 Å². The Labute approximate surface area is 141 Å². The van der Waals surface area contributed by atoms with Crippen LogP contribution in [0.15, 0.2) is 60.7 Å². The van der Waals surface area contributed by atoms with Crippen molar-refractivity contribution in [3.8, 4) is 0 Å². The van der Waals surface area contributed by atoms with Crippen molar-refractivity contribution in [2.75, 3.05) is 25.6 Å². The molecule has 0 radical (unpaired) electrons. The number of benzene rings is 2. The highest BCUT2D eigenvalue weighted by Gasteiger charge is 2.11. The van der Waals surface area contributed by atoms with Gasteiger partial charge in [0.1, 0.15) is 0 Å². The van der Waals surface area contributed by atoms with Crippen LogP contribution in [0.2, 0.25) is 0 Å². The first-order valence-electron chi connectivity index (χ1n) is 7.54. The fourth-order valence-electron chi connectivity index (χ4n) is 2.30. The van der Waals surface area contributed by atoms with Gasteiger partial charge in [-0.15, -0.1) is 0 Å². The highest BCUT2D eigenvalue weighted by atomic mass is 33.1. The highest BCUT2D eigenvalue weighted by Crippen LogP contribution is 2.30. The largest absolute Gasteiger partial charge is 0.312 e. The third-order valence-corrected chi connectivity index (χ3v) is 6.08. The molecular weight excluding hydrogens is 308 g/mol. The maximum Gasteiger partial charge on any atom is 0.0417 e. The summed E-state index contributed by atoms with van der Waals surface area (Å²) in [4.78, 5) is 0. The molecule has 0 saturated heterocycles. The van der Waals surface area contributed by atoms with Gasteiger partial charge in [0, 0.05) is 23.6 Å². The fourth-order valence-corrected chi connectivity index (χ4v) is 4.87. The van der Waals surface area contributed by atoms with Crippen molar-refractivity contribution in [1.82, 2.24) is 10.6 Å². The fraction of sp³-hybridized carbons (Fsp3) is 0.333. The minimum atomic E-state index is 0.406. The molecule has 2 aromatic carbocycles. The van der Waals surface area contributed by atoms with Crippen LogP contribution in [-0.2, 0) is 0 Å². The van der Waals surface area contributed by atoms with Crippen molar-refractivity contribution in [2.45, 2.75) is 12.1 Å². The quantitative estimate of drug-likeness (QED) is 0.528. The smallest absolute Gasteiger partial charge is 0.0417 e. The molecule has 0 saturated carbocycles. The lowest BCUT2D eigenvalue weighted by molar-refractivity contribution is 0.661. The minimum absolute atomic E-state index is 0.406. The minimum Gasteiger partial charge on any atom is -0.312 e. The molecule has 0 aliphatic carbocycles. The Morgan fingerprint density at radius 3 is 1.36 bits per heavy atom.